The SMILES string of the molecule is CCC(C)n1nccc1NC(=O)Cc1ccc(NC(=O)OC(C)(C)C)cc1. The van der Waals surface area contributed by atoms with Gasteiger partial charge in [0.1, 0.15) is 11.4 Å². The van der Waals surface area contributed by atoms with Crippen LogP contribution in [-0.4, -0.2) is 27.4 Å². The number of carbonyl (C=O) groups is 2. The average molecular weight is 372 g/mol. The Kier molecular flexibility index (Phi) is 6.60. The number of carbonyl (C=O) groups excluding carboxylic acids is 2. The molecule has 1 aromatic heterocycles. The molecule has 0 aliphatic carbocycles. The predicted molar refractivity (Wildman–Crippen MR) is 106 cm³/mol. The summed E-state index contributed by atoms with van der Waals surface area (Å²) in [4.78, 5) is 24.1. The number of hydrogen-bond donors (Lipinski definition) is 2. The molecule has 1 aromatic carbocycles. The summed E-state index contributed by atoms with van der Waals surface area (Å²) in [6.07, 6.45) is 2.33. The van der Waals surface area contributed by atoms with Crippen molar-refractivity contribution >= 4 is 23.5 Å². The molecule has 0 bridgehead atoms. The molecule has 1 unspecified atom stereocenters. The molecule has 2 aromatic rings. The van der Waals surface area contributed by atoms with E-state index in [0.29, 0.717) is 11.5 Å². The van der Waals surface area contributed by atoms with E-state index in [0.717, 1.165) is 12.0 Å². The highest BCUT2D eigenvalue weighted by molar-refractivity contribution is 5.91. The van der Waals surface area contributed by atoms with Crippen molar-refractivity contribution in [2.45, 2.75) is 59.1 Å². The fraction of sp³-hybridized carbons (Fsp3) is 0.450. The Balaban J connectivity index is 1.92. The monoisotopic (exact) mass is 372 g/mol. The number of rotatable bonds is 6. The van der Waals surface area contributed by atoms with Gasteiger partial charge in [0.15, 0.2) is 0 Å². The lowest BCUT2D eigenvalue weighted by Gasteiger charge is -2.19. The molecule has 0 radical (unpaired) electrons. The Morgan fingerprint density at radius 2 is 1.81 bits per heavy atom. The summed E-state index contributed by atoms with van der Waals surface area (Å²) < 4.78 is 7.02. The van der Waals surface area contributed by atoms with Crippen LogP contribution in [0.4, 0.5) is 16.3 Å². The van der Waals surface area contributed by atoms with Crippen LogP contribution >= 0.6 is 0 Å². The standard InChI is InChI=1S/C20H28N4O3/c1-6-14(2)24-17(11-12-21-24)23-18(25)13-15-7-9-16(10-8-15)22-19(26)27-20(3,4)5/h7-12,14H,6,13H2,1-5H3,(H,22,26)(H,23,25). The van der Waals surface area contributed by atoms with Crippen molar-refractivity contribution in [2.75, 3.05) is 10.6 Å². The molecule has 0 saturated carbocycles. The Hall–Kier alpha value is -2.83. The van der Waals surface area contributed by atoms with E-state index in [9.17, 15) is 9.59 Å². The number of anilines is 2. The zero-order chi connectivity index (χ0) is 20.0. The Morgan fingerprint density at radius 3 is 2.41 bits per heavy atom. The van der Waals surface area contributed by atoms with Crippen molar-refractivity contribution in [1.82, 2.24) is 9.78 Å². The zero-order valence-electron chi connectivity index (χ0n) is 16.6. The maximum absolute atomic E-state index is 12.3. The maximum atomic E-state index is 12.3. The van der Waals surface area contributed by atoms with E-state index in [1.54, 1.807) is 36.5 Å². The van der Waals surface area contributed by atoms with Crippen molar-refractivity contribution in [1.29, 1.82) is 0 Å². The van der Waals surface area contributed by atoms with E-state index < -0.39 is 11.7 Å². The van der Waals surface area contributed by atoms with Crippen LogP contribution in [0.2, 0.25) is 0 Å². The Morgan fingerprint density at radius 1 is 1.15 bits per heavy atom. The molecule has 27 heavy (non-hydrogen) atoms. The van der Waals surface area contributed by atoms with E-state index in [1.807, 2.05) is 25.5 Å². The third-order valence-corrected chi connectivity index (χ3v) is 3.91. The summed E-state index contributed by atoms with van der Waals surface area (Å²) in [6, 6.07) is 9.11. The summed E-state index contributed by atoms with van der Waals surface area (Å²) in [5, 5.41) is 9.83. The first-order valence-electron chi connectivity index (χ1n) is 9.10. The number of amides is 2. The van der Waals surface area contributed by atoms with Crippen LogP contribution < -0.4 is 10.6 Å². The third kappa shape index (κ3) is 6.44. The lowest BCUT2D eigenvalue weighted by Crippen LogP contribution is -2.27. The molecule has 0 saturated heterocycles. The first kappa shape index (κ1) is 20.5. The van der Waals surface area contributed by atoms with E-state index >= 15 is 0 Å². The molecule has 2 amide bonds. The van der Waals surface area contributed by atoms with Gasteiger partial charge in [-0.1, -0.05) is 19.1 Å². The van der Waals surface area contributed by atoms with Crippen LogP contribution in [0, 0.1) is 0 Å². The van der Waals surface area contributed by atoms with Crippen molar-refractivity contribution in [3.05, 3.63) is 42.1 Å². The van der Waals surface area contributed by atoms with Crippen LogP contribution in [0.25, 0.3) is 0 Å². The van der Waals surface area contributed by atoms with Crippen LogP contribution in [0.15, 0.2) is 36.5 Å². The number of nitrogens with one attached hydrogen (secondary N) is 2. The highest BCUT2D eigenvalue weighted by atomic mass is 16.6. The zero-order valence-corrected chi connectivity index (χ0v) is 16.6. The van der Waals surface area contributed by atoms with E-state index in [-0.39, 0.29) is 18.4 Å². The minimum absolute atomic E-state index is 0.118. The maximum Gasteiger partial charge on any atom is 0.412 e. The minimum Gasteiger partial charge on any atom is -0.444 e. The van der Waals surface area contributed by atoms with Crippen molar-refractivity contribution in [3.63, 3.8) is 0 Å². The molecule has 0 spiro atoms. The second-order valence-electron chi connectivity index (χ2n) is 7.47. The van der Waals surface area contributed by atoms with Gasteiger partial charge in [0.25, 0.3) is 0 Å². The van der Waals surface area contributed by atoms with Gasteiger partial charge in [-0.15, -0.1) is 0 Å². The molecular weight excluding hydrogens is 344 g/mol. The largest absolute Gasteiger partial charge is 0.444 e. The molecular formula is C20H28N4O3. The number of ether oxygens (including phenoxy) is 1. The van der Waals surface area contributed by atoms with Crippen LogP contribution in [0.5, 0.6) is 0 Å². The van der Waals surface area contributed by atoms with Crippen molar-refractivity contribution in [3.8, 4) is 0 Å². The lowest BCUT2D eigenvalue weighted by molar-refractivity contribution is -0.115. The molecule has 2 N–H and O–H groups in total. The quantitative estimate of drug-likeness (QED) is 0.788. The molecule has 1 atom stereocenters. The number of nitrogens with zero attached hydrogens (tertiary/aromatic N) is 2. The molecule has 7 heteroatoms. The molecule has 0 aliphatic rings. The molecule has 0 fully saturated rings. The van der Waals surface area contributed by atoms with Gasteiger partial charge in [-0.25, -0.2) is 9.48 Å². The molecule has 1 heterocycles. The van der Waals surface area contributed by atoms with E-state index in [1.165, 1.54) is 0 Å². The second kappa shape index (κ2) is 8.70. The third-order valence-electron chi connectivity index (χ3n) is 3.91. The first-order valence-corrected chi connectivity index (χ1v) is 9.10. The van der Waals surface area contributed by atoms with E-state index in [4.69, 9.17) is 4.74 Å². The fourth-order valence-corrected chi connectivity index (χ4v) is 2.44. The number of aromatic nitrogens is 2. The fourth-order valence-electron chi connectivity index (χ4n) is 2.44. The number of benzene rings is 1. The number of hydrogen-bond acceptors (Lipinski definition) is 4. The topological polar surface area (TPSA) is 85.3 Å². The van der Waals surface area contributed by atoms with Gasteiger partial charge in [0.05, 0.1) is 18.7 Å². The lowest BCUT2D eigenvalue weighted by atomic mass is 10.1. The molecule has 2 rings (SSSR count). The summed E-state index contributed by atoms with van der Waals surface area (Å²) in [7, 11) is 0. The summed E-state index contributed by atoms with van der Waals surface area (Å²) in [5.41, 5.74) is 0.907. The van der Waals surface area contributed by atoms with Gasteiger partial charge in [-0.2, -0.15) is 5.10 Å². The smallest absolute Gasteiger partial charge is 0.412 e. The molecule has 146 valence electrons. The van der Waals surface area contributed by atoms with Gasteiger partial charge in [-0.05, 0) is 51.8 Å². The summed E-state index contributed by atoms with van der Waals surface area (Å²) in [6.45, 7) is 9.55. The van der Waals surface area contributed by atoms with Gasteiger partial charge in [0, 0.05) is 11.8 Å². The summed E-state index contributed by atoms with van der Waals surface area (Å²) >= 11 is 0. The molecule has 0 aliphatic heterocycles. The average Bonchev–Trinajstić information content (AvgIpc) is 3.02. The van der Waals surface area contributed by atoms with Crippen molar-refractivity contribution < 1.29 is 14.3 Å². The highest BCUT2D eigenvalue weighted by Crippen LogP contribution is 2.17. The highest BCUT2D eigenvalue weighted by Gasteiger charge is 2.16. The second-order valence-corrected chi connectivity index (χ2v) is 7.47. The predicted octanol–water partition coefficient (Wildman–Crippen LogP) is 4.38. The Bertz CT molecular complexity index is 775. The summed E-state index contributed by atoms with van der Waals surface area (Å²) in [5.74, 6) is 0.575. The van der Waals surface area contributed by atoms with Crippen molar-refractivity contribution in [2.24, 2.45) is 0 Å². The van der Waals surface area contributed by atoms with E-state index in [2.05, 4.69) is 29.6 Å². The Labute approximate surface area is 160 Å². The van der Waals surface area contributed by atoms with Crippen LogP contribution in [-0.2, 0) is 16.0 Å². The first-order chi connectivity index (χ1) is 12.7. The van der Waals surface area contributed by atoms with Gasteiger partial charge in [0.2, 0.25) is 5.91 Å². The minimum atomic E-state index is -0.552. The van der Waals surface area contributed by atoms with Crippen LogP contribution in [0.3, 0.4) is 0 Å². The normalized spacial score (nSPS) is 12.3. The van der Waals surface area contributed by atoms with Gasteiger partial charge in [-0.3, -0.25) is 10.1 Å². The van der Waals surface area contributed by atoms with Gasteiger partial charge < -0.3 is 10.1 Å². The van der Waals surface area contributed by atoms with Gasteiger partial charge >= 0.3 is 6.09 Å². The van der Waals surface area contributed by atoms with Crippen LogP contribution in [0.1, 0.15) is 52.6 Å². The molecule has 7 nitrogen and oxygen atoms in total.